The zero-order valence-corrected chi connectivity index (χ0v) is 9.98. The van der Waals surface area contributed by atoms with E-state index in [0.29, 0.717) is 13.2 Å². The molecule has 16 heavy (non-hydrogen) atoms. The van der Waals surface area contributed by atoms with Gasteiger partial charge in [0.25, 0.3) is 0 Å². The second kappa shape index (κ2) is 3.83. The fourth-order valence-electron chi connectivity index (χ4n) is 1.66. The summed E-state index contributed by atoms with van der Waals surface area (Å²) in [6, 6.07) is 5.83. The number of hydrogen-bond donors (Lipinski definition) is 0. The monoisotopic (exact) mass is 280 g/mol. The zero-order valence-electron chi connectivity index (χ0n) is 8.39. The number of nitrogens with zero attached hydrogens (tertiary/aromatic N) is 2. The Balaban J connectivity index is 2.06. The highest BCUT2D eigenvalue weighted by molar-refractivity contribution is 9.10. The maximum atomic E-state index is 5.53. The molecule has 5 heteroatoms. The number of fused-ring (bicyclic) bond motifs is 1. The summed E-state index contributed by atoms with van der Waals surface area (Å²) in [4.78, 5) is 4.11. The second-order valence-corrected chi connectivity index (χ2v) is 4.10. The van der Waals surface area contributed by atoms with Crippen molar-refractivity contribution < 1.29 is 9.47 Å². The van der Waals surface area contributed by atoms with Crippen LogP contribution in [0.1, 0.15) is 0 Å². The van der Waals surface area contributed by atoms with Crippen LogP contribution in [0.5, 0.6) is 11.5 Å². The van der Waals surface area contributed by atoms with E-state index >= 15 is 0 Å². The van der Waals surface area contributed by atoms with E-state index in [1.165, 1.54) is 0 Å². The maximum absolute atomic E-state index is 5.53. The molecule has 0 fully saturated rings. The van der Waals surface area contributed by atoms with Crippen LogP contribution in [0.2, 0.25) is 0 Å². The van der Waals surface area contributed by atoms with E-state index in [0.717, 1.165) is 21.9 Å². The maximum Gasteiger partial charge on any atom is 0.181 e. The van der Waals surface area contributed by atoms with Gasteiger partial charge >= 0.3 is 0 Å². The van der Waals surface area contributed by atoms with Gasteiger partial charge in [0, 0.05) is 18.5 Å². The molecule has 2 aromatic rings. The van der Waals surface area contributed by atoms with Crippen molar-refractivity contribution in [3.63, 3.8) is 0 Å². The molecule has 0 bridgehead atoms. The standard InChI is InChI=1S/C11H9BrN2O2/c12-11-13-3-4-14(11)8-1-2-9-10(7-8)16-6-5-15-9/h1-4,7H,5-6H2. The van der Waals surface area contributed by atoms with Gasteiger partial charge < -0.3 is 9.47 Å². The number of halogens is 1. The molecular weight excluding hydrogens is 272 g/mol. The fourth-order valence-corrected chi connectivity index (χ4v) is 2.10. The lowest BCUT2D eigenvalue weighted by Gasteiger charge is -2.19. The highest BCUT2D eigenvalue weighted by Crippen LogP contribution is 2.32. The van der Waals surface area contributed by atoms with E-state index in [-0.39, 0.29) is 0 Å². The lowest BCUT2D eigenvalue weighted by atomic mass is 10.2. The van der Waals surface area contributed by atoms with Crippen LogP contribution in [0, 0.1) is 0 Å². The minimum Gasteiger partial charge on any atom is -0.486 e. The topological polar surface area (TPSA) is 36.3 Å². The van der Waals surface area contributed by atoms with Crippen molar-refractivity contribution in [1.82, 2.24) is 9.55 Å². The summed E-state index contributed by atoms with van der Waals surface area (Å²) in [6.07, 6.45) is 3.62. The summed E-state index contributed by atoms with van der Waals surface area (Å²) in [6.45, 7) is 1.21. The van der Waals surface area contributed by atoms with E-state index < -0.39 is 0 Å². The van der Waals surface area contributed by atoms with Gasteiger partial charge in [0.15, 0.2) is 16.2 Å². The fraction of sp³-hybridized carbons (Fsp3) is 0.182. The Kier molecular flexibility index (Phi) is 2.32. The van der Waals surface area contributed by atoms with Gasteiger partial charge in [-0.15, -0.1) is 0 Å². The molecule has 1 aliphatic rings. The van der Waals surface area contributed by atoms with Crippen molar-refractivity contribution in [3.05, 3.63) is 35.3 Å². The van der Waals surface area contributed by atoms with Crippen molar-refractivity contribution in [2.24, 2.45) is 0 Å². The summed E-state index contributed by atoms with van der Waals surface area (Å²) >= 11 is 3.38. The second-order valence-electron chi connectivity index (χ2n) is 3.39. The molecule has 0 atom stereocenters. The van der Waals surface area contributed by atoms with Gasteiger partial charge in [0.05, 0.1) is 5.69 Å². The molecule has 0 N–H and O–H groups in total. The molecule has 4 nitrogen and oxygen atoms in total. The average Bonchev–Trinajstić information content (AvgIpc) is 2.75. The summed E-state index contributed by atoms with van der Waals surface area (Å²) < 4.78 is 13.7. The van der Waals surface area contributed by atoms with Crippen molar-refractivity contribution in [2.75, 3.05) is 13.2 Å². The number of hydrogen-bond acceptors (Lipinski definition) is 3. The average molecular weight is 281 g/mol. The minimum atomic E-state index is 0.599. The summed E-state index contributed by atoms with van der Waals surface area (Å²) in [5.41, 5.74) is 0.994. The summed E-state index contributed by atoms with van der Waals surface area (Å²) in [5, 5.41) is 0. The minimum absolute atomic E-state index is 0.599. The Morgan fingerprint density at radius 2 is 2.00 bits per heavy atom. The number of rotatable bonds is 1. The quantitative estimate of drug-likeness (QED) is 0.805. The summed E-state index contributed by atoms with van der Waals surface area (Å²) in [7, 11) is 0. The first-order valence-electron chi connectivity index (χ1n) is 4.93. The van der Waals surface area contributed by atoms with E-state index in [4.69, 9.17) is 9.47 Å². The molecule has 1 aromatic heterocycles. The van der Waals surface area contributed by atoms with Gasteiger partial charge in [-0.05, 0) is 28.1 Å². The van der Waals surface area contributed by atoms with Gasteiger partial charge in [-0.2, -0.15) is 0 Å². The van der Waals surface area contributed by atoms with Crippen LogP contribution < -0.4 is 9.47 Å². The Hall–Kier alpha value is -1.49. The van der Waals surface area contributed by atoms with E-state index in [1.54, 1.807) is 6.20 Å². The third-order valence-electron chi connectivity index (χ3n) is 2.40. The first kappa shape index (κ1) is 9.72. The van der Waals surface area contributed by atoms with Gasteiger partial charge in [0.1, 0.15) is 13.2 Å². The van der Waals surface area contributed by atoms with Gasteiger partial charge in [-0.25, -0.2) is 4.98 Å². The van der Waals surface area contributed by atoms with Gasteiger partial charge in [-0.1, -0.05) is 0 Å². The molecule has 82 valence electrons. The van der Waals surface area contributed by atoms with E-state index in [9.17, 15) is 0 Å². The van der Waals surface area contributed by atoms with Crippen molar-refractivity contribution in [2.45, 2.75) is 0 Å². The molecule has 0 saturated heterocycles. The van der Waals surface area contributed by atoms with Crippen LogP contribution in [-0.4, -0.2) is 22.8 Å². The molecule has 0 spiro atoms. The Bertz CT molecular complexity index is 524. The van der Waals surface area contributed by atoms with Crippen LogP contribution in [0.15, 0.2) is 35.3 Å². The molecule has 0 unspecified atom stereocenters. The Morgan fingerprint density at radius 1 is 1.19 bits per heavy atom. The van der Waals surface area contributed by atoms with Crippen molar-refractivity contribution >= 4 is 15.9 Å². The molecule has 1 aliphatic heterocycles. The normalized spacial score (nSPS) is 13.8. The Labute approximate surface area is 101 Å². The Morgan fingerprint density at radius 3 is 2.75 bits per heavy atom. The lowest BCUT2D eigenvalue weighted by molar-refractivity contribution is 0.171. The van der Waals surface area contributed by atoms with Crippen LogP contribution in [0.4, 0.5) is 0 Å². The largest absolute Gasteiger partial charge is 0.486 e. The predicted molar refractivity (Wildman–Crippen MR) is 62.3 cm³/mol. The lowest BCUT2D eigenvalue weighted by Crippen LogP contribution is -2.15. The third kappa shape index (κ3) is 1.57. The molecule has 0 aliphatic carbocycles. The zero-order chi connectivity index (χ0) is 11.0. The summed E-state index contributed by atoms with van der Waals surface area (Å²) in [5.74, 6) is 1.58. The van der Waals surface area contributed by atoms with Crippen molar-refractivity contribution in [3.8, 4) is 17.2 Å². The van der Waals surface area contributed by atoms with Crippen LogP contribution >= 0.6 is 15.9 Å². The van der Waals surface area contributed by atoms with Gasteiger partial charge in [0.2, 0.25) is 0 Å². The molecule has 0 amide bonds. The first-order chi connectivity index (χ1) is 7.84. The highest BCUT2D eigenvalue weighted by atomic mass is 79.9. The number of ether oxygens (including phenoxy) is 2. The number of benzene rings is 1. The first-order valence-corrected chi connectivity index (χ1v) is 5.73. The highest BCUT2D eigenvalue weighted by Gasteiger charge is 2.12. The van der Waals surface area contributed by atoms with Crippen LogP contribution in [0.3, 0.4) is 0 Å². The molecule has 0 radical (unpaired) electrons. The number of aromatic nitrogens is 2. The van der Waals surface area contributed by atoms with E-state index in [1.807, 2.05) is 29.0 Å². The SMILES string of the molecule is Brc1nccn1-c1ccc2c(c1)OCCO2. The smallest absolute Gasteiger partial charge is 0.181 e. The molecule has 1 aromatic carbocycles. The molecular formula is C11H9BrN2O2. The van der Waals surface area contributed by atoms with Gasteiger partial charge in [-0.3, -0.25) is 4.57 Å². The number of imidazole rings is 1. The predicted octanol–water partition coefficient (Wildman–Crippen LogP) is 2.41. The third-order valence-corrected chi connectivity index (χ3v) is 2.99. The van der Waals surface area contributed by atoms with Crippen molar-refractivity contribution in [1.29, 1.82) is 0 Å². The molecule has 0 saturated carbocycles. The van der Waals surface area contributed by atoms with Crippen LogP contribution in [0.25, 0.3) is 5.69 Å². The molecule has 3 rings (SSSR count). The van der Waals surface area contributed by atoms with Crippen LogP contribution in [-0.2, 0) is 0 Å². The molecule has 2 heterocycles. The van der Waals surface area contributed by atoms with E-state index in [2.05, 4.69) is 20.9 Å².